The lowest BCUT2D eigenvalue weighted by Gasteiger charge is -2.37. The number of morpholine rings is 1. The summed E-state index contributed by atoms with van der Waals surface area (Å²) in [5.74, 6) is 0.781. The van der Waals surface area contributed by atoms with Gasteiger partial charge in [0.25, 0.3) is 5.91 Å². The lowest BCUT2D eigenvalue weighted by Crippen LogP contribution is -2.46. The van der Waals surface area contributed by atoms with Crippen LogP contribution in [0.15, 0.2) is 29.8 Å². The molecule has 2 saturated heterocycles. The number of aromatic nitrogens is 1. The highest BCUT2D eigenvalue weighted by Crippen LogP contribution is 2.34. The summed E-state index contributed by atoms with van der Waals surface area (Å²) in [6.07, 6.45) is 1.97. The third-order valence-corrected chi connectivity index (χ3v) is 6.59. The van der Waals surface area contributed by atoms with Gasteiger partial charge in [0.1, 0.15) is 5.82 Å². The molecule has 4 rings (SSSR count). The average Bonchev–Trinajstić information content (AvgIpc) is 3.13. The highest BCUT2D eigenvalue weighted by molar-refractivity contribution is 7.10. The van der Waals surface area contributed by atoms with Crippen LogP contribution in [0.3, 0.4) is 0 Å². The van der Waals surface area contributed by atoms with E-state index in [1.54, 1.807) is 28.5 Å². The molecule has 27 heavy (non-hydrogen) atoms. The van der Waals surface area contributed by atoms with E-state index in [0.717, 1.165) is 25.3 Å². The van der Waals surface area contributed by atoms with Crippen molar-refractivity contribution in [2.45, 2.75) is 25.4 Å². The van der Waals surface area contributed by atoms with E-state index in [4.69, 9.17) is 4.74 Å². The maximum Gasteiger partial charge on any atom is 0.257 e. The van der Waals surface area contributed by atoms with E-state index in [0.29, 0.717) is 31.9 Å². The van der Waals surface area contributed by atoms with Crippen LogP contribution < -0.4 is 4.90 Å². The summed E-state index contributed by atoms with van der Waals surface area (Å²) in [6.45, 7) is 5.86. The molecule has 2 aliphatic heterocycles. The molecule has 144 valence electrons. The van der Waals surface area contributed by atoms with Crippen molar-refractivity contribution in [1.82, 2.24) is 9.88 Å². The van der Waals surface area contributed by atoms with Crippen molar-refractivity contribution >= 4 is 23.1 Å². The number of piperidine rings is 1. The fourth-order valence-electron chi connectivity index (χ4n) is 3.95. The monoisotopic (exact) mass is 387 g/mol. The second-order valence-corrected chi connectivity index (χ2v) is 8.10. The third kappa shape index (κ3) is 3.72. The molecule has 2 aromatic rings. The molecule has 0 aromatic carbocycles. The lowest BCUT2D eigenvalue weighted by molar-refractivity contribution is 0.0386. The molecule has 0 unspecified atom stereocenters. The van der Waals surface area contributed by atoms with Gasteiger partial charge in [-0.1, -0.05) is 0 Å². The van der Waals surface area contributed by atoms with Crippen molar-refractivity contribution in [3.8, 4) is 0 Å². The highest BCUT2D eigenvalue weighted by atomic mass is 32.1. The number of β-amino-alcohol motifs (C(OH)–C–C–N with tert-alkyl or cyclic N) is 1. The molecule has 2 atom stereocenters. The SMILES string of the molecule is Cc1ccsc1[C@@H]1CCN(C(=O)c2cccnc2N2CCOCC2)C[C@H]1O. The third-order valence-electron chi connectivity index (χ3n) is 5.44. The molecule has 2 aliphatic rings. The minimum absolute atomic E-state index is 0.0509. The van der Waals surface area contributed by atoms with Crippen molar-refractivity contribution in [2.75, 3.05) is 44.3 Å². The van der Waals surface area contributed by atoms with Gasteiger partial charge >= 0.3 is 0 Å². The number of carbonyl (C=O) groups excluding carboxylic acids is 1. The molecule has 0 saturated carbocycles. The average molecular weight is 388 g/mol. The molecule has 7 heteroatoms. The fraction of sp³-hybridized carbons (Fsp3) is 0.500. The van der Waals surface area contributed by atoms with E-state index in [2.05, 4.69) is 28.3 Å². The predicted molar refractivity (Wildman–Crippen MR) is 106 cm³/mol. The van der Waals surface area contributed by atoms with E-state index < -0.39 is 6.10 Å². The molecule has 4 heterocycles. The molecule has 1 N–H and O–H groups in total. The number of hydrogen-bond donors (Lipinski definition) is 1. The molecular formula is C20H25N3O3S. The number of aryl methyl sites for hydroxylation is 1. The van der Waals surface area contributed by atoms with Crippen LogP contribution in [0.2, 0.25) is 0 Å². The quantitative estimate of drug-likeness (QED) is 0.875. The van der Waals surface area contributed by atoms with Gasteiger partial charge in [0, 0.05) is 43.2 Å². The van der Waals surface area contributed by atoms with Crippen molar-refractivity contribution in [2.24, 2.45) is 0 Å². The summed E-state index contributed by atoms with van der Waals surface area (Å²) in [4.78, 5) is 22.8. The van der Waals surface area contributed by atoms with E-state index in [-0.39, 0.29) is 11.8 Å². The molecule has 1 amide bonds. The Balaban J connectivity index is 1.50. The van der Waals surface area contributed by atoms with Crippen LogP contribution in [0.1, 0.15) is 33.1 Å². The zero-order chi connectivity index (χ0) is 18.8. The number of anilines is 1. The van der Waals surface area contributed by atoms with Crippen molar-refractivity contribution < 1.29 is 14.6 Å². The van der Waals surface area contributed by atoms with Gasteiger partial charge in [-0.2, -0.15) is 0 Å². The Hall–Kier alpha value is -1.96. The summed E-state index contributed by atoms with van der Waals surface area (Å²) >= 11 is 1.70. The first-order valence-electron chi connectivity index (χ1n) is 9.44. The molecular weight excluding hydrogens is 362 g/mol. The van der Waals surface area contributed by atoms with E-state index in [9.17, 15) is 9.90 Å². The maximum absolute atomic E-state index is 13.2. The first-order valence-corrected chi connectivity index (χ1v) is 10.3. The van der Waals surface area contributed by atoms with Gasteiger partial charge in [-0.3, -0.25) is 4.79 Å². The minimum Gasteiger partial charge on any atom is -0.391 e. The first kappa shape index (κ1) is 18.4. The Morgan fingerprint density at radius 1 is 1.30 bits per heavy atom. The van der Waals surface area contributed by atoms with E-state index in [1.165, 1.54) is 10.4 Å². The minimum atomic E-state index is -0.538. The molecule has 2 aromatic heterocycles. The normalized spacial score (nSPS) is 23.5. The number of thiophene rings is 1. The van der Waals surface area contributed by atoms with Crippen molar-refractivity contribution in [1.29, 1.82) is 0 Å². The Labute approximate surface area is 163 Å². The van der Waals surface area contributed by atoms with Gasteiger partial charge in [0.2, 0.25) is 0 Å². The number of hydrogen-bond acceptors (Lipinski definition) is 6. The molecule has 0 bridgehead atoms. The maximum atomic E-state index is 13.2. The summed E-state index contributed by atoms with van der Waals surface area (Å²) in [5.41, 5.74) is 1.84. The van der Waals surface area contributed by atoms with E-state index >= 15 is 0 Å². The lowest BCUT2D eigenvalue weighted by atomic mass is 9.90. The van der Waals surface area contributed by atoms with Gasteiger partial charge < -0.3 is 19.6 Å². The number of ether oxygens (including phenoxy) is 1. The van der Waals surface area contributed by atoms with Crippen LogP contribution in [-0.2, 0) is 4.74 Å². The van der Waals surface area contributed by atoms with Gasteiger partial charge in [-0.05, 0) is 42.5 Å². The molecule has 2 fully saturated rings. The number of aliphatic hydroxyl groups is 1. The van der Waals surface area contributed by atoms with Gasteiger partial charge in [0.15, 0.2) is 0 Å². The fourth-order valence-corrected chi connectivity index (χ4v) is 5.07. The second-order valence-electron chi connectivity index (χ2n) is 7.16. The number of rotatable bonds is 3. The smallest absolute Gasteiger partial charge is 0.257 e. The van der Waals surface area contributed by atoms with Gasteiger partial charge in [-0.25, -0.2) is 4.98 Å². The van der Waals surface area contributed by atoms with Crippen LogP contribution in [0.25, 0.3) is 0 Å². The van der Waals surface area contributed by atoms with Crippen LogP contribution in [-0.4, -0.2) is 66.4 Å². The van der Waals surface area contributed by atoms with Crippen molar-refractivity contribution in [3.63, 3.8) is 0 Å². The highest BCUT2D eigenvalue weighted by Gasteiger charge is 2.34. The topological polar surface area (TPSA) is 65.9 Å². The summed E-state index contributed by atoms with van der Waals surface area (Å²) < 4.78 is 5.41. The standard InChI is InChI=1S/C20H25N3O3S/c1-14-5-12-27-18(14)15-4-7-23(13-17(15)24)20(25)16-3-2-6-21-19(16)22-8-10-26-11-9-22/h2-3,5-6,12,15,17,24H,4,7-11,13H2,1H3/t15-,17-/m1/s1. The van der Waals surface area contributed by atoms with Gasteiger partial charge in [-0.15, -0.1) is 11.3 Å². The zero-order valence-electron chi connectivity index (χ0n) is 15.5. The Morgan fingerprint density at radius 3 is 2.81 bits per heavy atom. The number of amides is 1. The largest absolute Gasteiger partial charge is 0.391 e. The summed E-state index contributed by atoms with van der Waals surface area (Å²) in [7, 11) is 0. The Kier molecular flexibility index (Phi) is 5.43. The van der Waals surface area contributed by atoms with E-state index in [1.807, 2.05) is 6.07 Å². The molecule has 0 spiro atoms. The molecule has 6 nitrogen and oxygen atoms in total. The number of aliphatic hydroxyl groups excluding tert-OH is 1. The van der Waals surface area contributed by atoms with Gasteiger partial charge in [0.05, 0.1) is 24.9 Å². The van der Waals surface area contributed by atoms with Crippen LogP contribution in [0, 0.1) is 6.92 Å². The molecule has 0 aliphatic carbocycles. The zero-order valence-corrected chi connectivity index (χ0v) is 16.3. The van der Waals surface area contributed by atoms with Crippen LogP contribution in [0.4, 0.5) is 5.82 Å². The number of likely N-dealkylation sites (tertiary alicyclic amines) is 1. The molecule has 0 radical (unpaired) electrons. The summed E-state index contributed by atoms with van der Waals surface area (Å²) in [6, 6.07) is 5.73. The Bertz CT molecular complexity index is 803. The summed E-state index contributed by atoms with van der Waals surface area (Å²) in [5, 5.41) is 12.8. The number of pyridine rings is 1. The number of nitrogens with zero attached hydrogens (tertiary/aromatic N) is 3. The van der Waals surface area contributed by atoms with Crippen LogP contribution >= 0.6 is 11.3 Å². The second kappa shape index (κ2) is 7.96. The predicted octanol–water partition coefficient (Wildman–Crippen LogP) is 2.28. The number of carbonyl (C=O) groups is 1. The Morgan fingerprint density at radius 2 is 2.11 bits per heavy atom. The first-order chi connectivity index (χ1) is 13.1. The van der Waals surface area contributed by atoms with Crippen molar-refractivity contribution in [3.05, 3.63) is 45.8 Å². The van der Waals surface area contributed by atoms with Crippen LogP contribution in [0.5, 0.6) is 0 Å².